The lowest BCUT2D eigenvalue weighted by molar-refractivity contribution is 0.444. The third-order valence-electron chi connectivity index (χ3n) is 5.20. The molecule has 114 valence electrons. The molecule has 1 aromatic rings. The van der Waals surface area contributed by atoms with Gasteiger partial charge in [0.15, 0.2) is 0 Å². The maximum atomic E-state index is 5.03. The Kier molecular flexibility index (Phi) is 3.57. The minimum atomic E-state index is 0.507. The number of aromatic nitrogens is 2. The number of anilines is 1. The summed E-state index contributed by atoms with van der Waals surface area (Å²) < 4.78 is 0. The molecule has 4 rings (SSSR count). The van der Waals surface area contributed by atoms with Crippen LogP contribution in [0.15, 0.2) is 0 Å². The van der Waals surface area contributed by atoms with Crippen molar-refractivity contribution in [2.45, 2.75) is 51.4 Å². The molecule has 0 bridgehead atoms. The van der Waals surface area contributed by atoms with Crippen molar-refractivity contribution in [3.63, 3.8) is 0 Å². The first-order chi connectivity index (χ1) is 10.3. The molecule has 1 saturated carbocycles. The number of hydrogen-bond acceptors (Lipinski definition) is 4. The molecule has 3 heterocycles. The van der Waals surface area contributed by atoms with E-state index in [2.05, 4.69) is 17.1 Å². The molecule has 1 aliphatic carbocycles. The number of aryl methyl sites for hydroxylation is 1. The van der Waals surface area contributed by atoms with E-state index < -0.39 is 0 Å². The van der Waals surface area contributed by atoms with Crippen LogP contribution in [0.1, 0.15) is 55.1 Å². The highest BCUT2D eigenvalue weighted by molar-refractivity contribution is 5.51. The third-order valence-corrected chi connectivity index (χ3v) is 5.20. The maximum absolute atomic E-state index is 5.03. The van der Waals surface area contributed by atoms with E-state index in [1.807, 2.05) is 0 Å². The molecule has 1 atom stereocenters. The molecule has 0 spiro atoms. The Morgan fingerprint density at radius 3 is 2.86 bits per heavy atom. The molecule has 0 amide bonds. The van der Waals surface area contributed by atoms with E-state index in [9.17, 15) is 0 Å². The number of hydrogen-bond donors (Lipinski definition) is 1. The second-order valence-electron chi connectivity index (χ2n) is 7.01. The van der Waals surface area contributed by atoms with Crippen molar-refractivity contribution in [3.05, 3.63) is 17.1 Å². The molecule has 4 nitrogen and oxygen atoms in total. The van der Waals surface area contributed by atoms with Crippen LogP contribution in [0.5, 0.6) is 0 Å². The average Bonchev–Trinajstić information content (AvgIpc) is 3.33. The van der Waals surface area contributed by atoms with E-state index in [1.54, 1.807) is 0 Å². The summed E-state index contributed by atoms with van der Waals surface area (Å²) in [6.45, 7) is 6.77. The molecule has 21 heavy (non-hydrogen) atoms. The lowest BCUT2D eigenvalue weighted by atomic mass is 9.97. The molecule has 2 aliphatic heterocycles. The highest BCUT2D eigenvalue weighted by Crippen LogP contribution is 2.35. The van der Waals surface area contributed by atoms with Crippen LogP contribution in [0.25, 0.3) is 0 Å². The Labute approximate surface area is 127 Å². The molecule has 1 aromatic heterocycles. The molecular weight excluding hydrogens is 260 g/mol. The van der Waals surface area contributed by atoms with Gasteiger partial charge in [-0.3, -0.25) is 0 Å². The van der Waals surface area contributed by atoms with Gasteiger partial charge in [-0.2, -0.15) is 0 Å². The van der Waals surface area contributed by atoms with Crippen LogP contribution in [0.2, 0.25) is 0 Å². The van der Waals surface area contributed by atoms with Crippen LogP contribution in [0.4, 0.5) is 5.82 Å². The fourth-order valence-electron chi connectivity index (χ4n) is 3.75. The number of fused-ring (bicyclic) bond motifs is 1. The van der Waals surface area contributed by atoms with Crippen molar-refractivity contribution in [1.29, 1.82) is 0 Å². The van der Waals surface area contributed by atoms with Gasteiger partial charge in [0.25, 0.3) is 0 Å². The Morgan fingerprint density at radius 2 is 2.10 bits per heavy atom. The number of nitrogens with zero attached hydrogens (tertiary/aromatic N) is 3. The lowest BCUT2D eigenvalue weighted by Gasteiger charge is -2.32. The summed E-state index contributed by atoms with van der Waals surface area (Å²) in [6, 6.07) is 0. The Balaban J connectivity index is 1.65. The molecule has 1 saturated heterocycles. The second-order valence-corrected chi connectivity index (χ2v) is 7.01. The van der Waals surface area contributed by atoms with Crippen molar-refractivity contribution in [3.8, 4) is 0 Å². The predicted molar refractivity (Wildman–Crippen MR) is 84.9 cm³/mol. The van der Waals surface area contributed by atoms with Gasteiger partial charge >= 0.3 is 0 Å². The largest absolute Gasteiger partial charge is 0.356 e. The van der Waals surface area contributed by atoms with E-state index in [4.69, 9.17) is 9.97 Å². The third kappa shape index (κ3) is 2.78. The minimum Gasteiger partial charge on any atom is -0.356 e. The van der Waals surface area contributed by atoms with Gasteiger partial charge in [-0.15, -0.1) is 0 Å². The maximum Gasteiger partial charge on any atom is 0.135 e. The topological polar surface area (TPSA) is 41.1 Å². The molecule has 1 N–H and O–H groups in total. The highest BCUT2D eigenvalue weighted by atomic mass is 15.2. The first-order valence-electron chi connectivity index (χ1n) is 8.64. The van der Waals surface area contributed by atoms with Gasteiger partial charge in [-0.05, 0) is 57.9 Å². The number of rotatable bonds is 3. The molecule has 4 heteroatoms. The van der Waals surface area contributed by atoms with Crippen LogP contribution in [-0.2, 0) is 6.42 Å². The van der Waals surface area contributed by atoms with E-state index in [-0.39, 0.29) is 0 Å². The minimum absolute atomic E-state index is 0.507. The van der Waals surface area contributed by atoms with Crippen molar-refractivity contribution in [1.82, 2.24) is 15.3 Å². The van der Waals surface area contributed by atoms with Crippen molar-refractivity contribution in [2.24, 2.45) is 5.92 Å². The standard InChI is InChI=1S/C17H26N4/c1-12-15-5-3-9-21(11-13-6-7-13)17(15)20-16(19-12)14-4-2-8-18-10-14/h13-14,18H,2-11H2,1H3. The molecule has 3 aliphatic rings. The number of piperidine rings is 1. The van der Waals surface area contributed by atoms with E-state index in [1.165, 1.54) is 62.3 Å². The zero-order valence-electron chi connectivity index (χ0n) is 13.1. The fourth-order valence-corrected chi connectivity index (χ4v) is 3.75. The Morgan fingerprint density at radius 1 is 1.19 bits per heavy atom. The highest BCUT2D eigenvalue weighted by Gasteiger charge is 2.29. The van der Waals surface area contributed by atoms with Crippen molar-refractivity contribution in [2.75, 3.05) is 31.1 Å². The molecule has 2 fully saturated rings. The normalized spacial score (nSPS) is 25.8. The Hall–Kier alpha value is -1.16. The lowest BCUT2D eigenvalue weighted by Crippen LogP contribution is -2.34. The SMILES string of the molecule is Cc1nc(C2CCCNC2)nc2c1CCCN2CC1CC1. The van der Waals surface area contributed by atoms with Crippen LogP contribution in [-0.4, -0.2) is 36.1 Å². The van der Waals surface area contributed by atoms with Crippen LogP contribution in [0, 0.1) is 12.8 Å². The summed E-state index contributed by atoms with van der Waals surface area (Å²) in [7, 11) is 0. The average molecular weight is 286 g/mol. The summed E-state index contributed by atoms with van der Waals surface area (Å²) in [6.07, 6.45) is 7.72. The summed E-state index contributed by atoms with van der Waals surface area (Å²) in [5.74, 6) is 3.78. The van der Waals surface area contributed by atoms with Crippen LogP contribution in [0.3, 0.4) is 0 Å². The van der Waals surface area contributed by atoms with Gasteiger partial charge < -0.3 is 10.2 Å². The monoisotopic (exact) mass is 286 g/mol. The second kappa shape index (κ2) is 5.56. The summed E-state index contributed by atoms with van der Waals surface area (Å²) in [4.78, 5) is 12.4. The van der Waals surface area contributed by atoms with E-state index in [0.717, 1.165) is 31.3 Å². The van der Waals surface area contributed by atoms with Gasteiger partial charge in [0, 0.05) is 36.8 Å². The summed E-state index contributed by atoms with van der Waals surface area (Å²) in [5.41, 5.74) is 2.63. The van der Waals surface area contributed by atoms with Gasteiger partial charge in [-0.25, -0.2) is 9.97 Å². The molecule has 1 unspecified atom stereocenters. The van der Waals surface area contributed by atoms with E-state index in [0.29, 0.717) is 5.92 Å². The first kappa shape index (κ1) is 13.5. The van der Waals surface area contributed by atoms with Crippen molar-refractivity contribution < 1.29 is 0 Å². The first-order valence-corrected chi connectivity index (χ1v) is 8.64. The zero-order chi connectivity index (χ0) is 14.2. The van der Waals surface area contributed by atoms with Crippen LogP contribution >= 0.6 is 0 Å². The van der Waals surface area contributed by atoms with E-state index >= 15 is 0 Å². The smallest absolute Gasteiger partial charge is 0.135 e. The van der Waals surface area contributed by atoms with Crippen LogP contribution < -0.4 is 10.2 Å². The number of nitrogens with one attached hydrogen (secondary N) is 1. The van der Waals surface area contributed by atoms with Crippen molar-refractivity contribution >= 4 is 5.82 Å². The summed E-state index contributed by atoms with van der Waals surface area (Å²) >= 11 is 0. The molecule has 0 aromatic carbocycles. The Bertz CT molecular complexity index is 518. The zero-order valence-corrected chi connectivity index (χ0v) is 13.1. The quantitative estimate of drug-likeness (QED) is 0.926. The predicted octanol–water partition coefficient (Wildman–Crippen LogP) is 2.41. The van der Waals surface area contributed by atoms with Gasteiger partial charge in [0.05, 0.1) is 0 Å². The van der Waals surface area contributed by atoms with Gasteiger partial charge in [0.2, 0.25) is 0 Å². The fraction of sp³-hybridized carbons (Fsp3) is 0.765. The van der Waals surface area contributed by atoms with Gasteiger partial charge in [-0.1, -0.05) is 0 Å². The molecular formula is C17H26N4. The summed E-state index contributed by atoms with van der Waals surface area (Å²) in [5, 5.41) is 3.49. The molecule has 0 radical (unpaired) electrons. The van der Waals surface area contributed by atoms with Gasteiger partial charge in [0.1, 0.15) is 11.6 Å².